The number of aryl methyl sites for hydroxylation is 1. The molecule has 0 aromatic heterocycles. The van der Waals surface area contributed by atoms with E-state index >= 15 is 0 Å². The Morgan fingerprint density at radius 1 is 1.17 bits per heavy atom. The summed E-state index contributed by atoms with van der Waals surface area (Å²) in [6, 6.07) is 8.81. The van der Waals surface area contributed by atoms with Crippen molar-refractivity contribution < 1.29 is 24.5 Å². The number of ketones is 1. The van der Waals surface area contributed by atoms with Gasteiger partial charge in [0.2, 0.25) is 0 Å². The van der Waals surface area contributed by atoms with Gasteiger partial charge in [-0.2, -0.15) is 0 Å². The number of hydrogen-bond acceptors (Lipinski definition) is 5. The Bertz CT molecular complexity index is 1030. The summed E-state index contributed by atoms with van der Waals surface area (Å²) in [5, 5.41) is 20.9. The molecule has 1 aliphatic heterocycles. The summed E-state index contributed by atoms with van der Waals surface area (Å²) in [5.41, 5.74) is 1.75. The van der Waals surface area contributed by atoms with Crippen molar-refractivity contribution in [1.82, 2.24) is 4.90 Å². The van der Waals surface area contributed by atoms with E-state index in [4.69, 9.17) is 16.3 Å². The van der Waals surface area contributed by atoms with Crippen LogP contribution in [0.4, 0.5) is 0 Å². The van der Waals surface area contributed by atoms with Crippen molar-refractivity contribution in [2.75, 3.05) is 13.2 Å². The van der Waals surface area contributed by atoms with Gasteiger partial charge in [-0.15, -0.1) is 0 Å². The second-order valence-corrected chi connectivity index (χ2v) is 7.52. The smallest absolute Gasteiger partial charge is 0.295 e. The van der Waals surface area contributed by atoms with Crippen molar-refractivity contribution in [3.05, 3.63) is 63.7 Å². The monoisotopic (exact) mass is 429 g/mol. The van der Waals surface area contributed by atoms with Gasteiger partial charge < -0.3 is 19.8 Å². The van der Waals surface area contributed by atoms with Crippen LogP contribution in [0, 0.1) is 6.92 Å². The molecule has 0 bridgehead atoms. The Balaban J connectivity index is 2.17. The topological polar surface area (TPSA) is 87.1 Å². The van der Waals surface area contributed by atoms with Crippen LogP contribution in [0.1, 0.15) is 43.0 Å². The number of rotatable bonds is 6. The van der Waals surface area contributed by atoms with Crippen LogP contribution in [0.5, 0.6) is 11.5 Å². The van der Waals surface area contributed by atoms with E-state index < -0.39 is 17.7 Å². The fraction of sp³-hybridized carbons (Fsp3) is 0.304. The van der Waals surface area contributed by atoms with Crippen LogP contribution in [0.25, 0.3) is 5.76 Å². The zero-order chi connectivity index (χ0) is 22.0. The average molecular weight is 430 g/mol. The van der Waals surface area contributed by atoms with Crippen molar-refractivity contribution in [1.29, 1.82) is 0 Å². The van der Waals surface area contributed by atoms with Crippen molar-refractivity contribution >= 4 is 29.1 Å². The Morgan fingerprint density at radius 3 is 2.50 bits per heavy atom. The first-order valence-corrected chi connectivity index (χ1v) is 10.2. The molecule has 2 aromatic rings. The summed E-state index contributed by atoms with van der Waals surface area (Å²) in [4.78, 5) is 27.0. The predicted molar refractivity (Wildman–Crippen MR) is 115 cm³/mol. The number of phenols is 1. The molecule has 1 fully saturated rings. The van der Waals surface area contributed by atoms with E-state index in [1.54, 1.807) is 24.3 Å². The summed E-state index contributed by atoms with van der Waals surface area (Å²) in [6.07, 6.45) is 0.636. The molecule has 1 aliphatic rings. The second kappa shape index (κ2) is 8.79. The molecule has 7 heteroatoms. The van der Waals surface area contributed by atoms with Gasteiger partial charge in [0.15, 0.2) is 0 Å². The van der Waals surface area contributed by atoms with Gasteiger partial charge in [-0.05, 0) is 61.7 Å². The number of aromatic hydroxyl groups is 1. The van der Waals surface area contributed by atoms with E-state index in [-0.39, 0.29) is 22.1 Å². The molecule has 158 valence electrons. The Morgan fingerprint density at radius 2 is 1.90 bits per heavy atom. The van der Waals surface area contributed by atoms with Gasteiger partial charge in [-0.3, -0.25) is 9.59 Å². The fourth-order valence-corrected chi connectivity index (χ4v) is 3.85. The molecular formula is C23H24ClNO5. The van der Waals surface area contributed by atoms with Gasteiger partial charge in [0.1, 0.15) is 17.3 Å². The molecule has 1 unspecified atom stereocenters. The number of ether oxygens (including phenoxy) is 1. The fourth-order valence-electron chi connectivity index (χ4n) is 3.66. The van der Waals surface area contributed by atoms with Gasteiger partial charge in [0, 0.05) is 12.1 Å². The molecule has 1 saturated heterocycles. The number of aliphatic hydroxyl groups is 1. The molecule has 0 radical (unpaired) electrons. The standard InChI is InChI=1S/C23H24ClNO5/c1-4-10-25-20(14-6-8-17(26)16(24)12-14)19(22(28)23(25)29)21(27)15-7-9-18(30-5-2)13(3)11-15/h6-9,11-12,20,26-27H,4-5,10H2,1-3H3/b21-19-. The number of phenolic OH excluding ortho intramolecular Hbond substituents is 1. The number of nitrogens with zero attached hydrogens (tertiary/aromatic N) is 1. The average Bonchev–Trinajstić information content (AvgIpc) is 2.96. The van der Waals surface area contributed by atoms with Gasteiger partial charge in [0.25, 0.3) is 11.7 Å². The largest absolute Gasteiger partial charge is 0.507 e. The Labute approximate surface area is 180 Å². The molecule has 0 saturated carbocycles. The maximum Gasteiger partial charge on any atom is 0.295 e. The minimum absolute atomic E-state index is 0.00114. The van der Waals surface area contributed by atoms with E-state index in [1.807, 2.05) is 20.8 Å². The molecule has 3 rings (SSSR count). The van der Waals surface area contributed by atoms with Gasteiger partial charge in [0.05, 0.1) is 23.2 Å². The molecule has 0 spiro atoms. The third-order valence-electron chi connectivity index (χ3n) is 5.04. The molecule has 6 nitrogen and oxygen atoms in total. The number of Topliss-reactive ketones (excluding diaryl/α,β-unsaturated/α-hetero) is 1. The second-order valence-electron chi connectivity index (χ2n) is 7.12. The lowest BCUT2D eigenvalue weighted by molar-refractivity contribution is -0.139. The predicted octanol–water partition coefficient (Wildman–Crippen LogP) is 4.58. The quantitative estimate of drug-likeness (QED) is 0.398. The summed E-state index contributed by atoms with van der Waals surface area (Å²) < 4.78 is 5.53. The van der Waals surface area contributed by atoms with Crippen molar-refractivity contribution in [3.63, 3.8) is 0 Å². The van der Waals surface area contributed by atoms with Crippen LogP contribution in [-0.2, 0) is 9.59 Å². The summed E-state index contributed by atoms with van der Waals surface area (Å²) in [5.74, 6) is -1.10. The van der Waals surface area contributed by atoms with E-state index in [9.17, 15) is 19.8 Å². The number of carbonyl (C=O) groups excluding carboxylic acids is 2. The van der Waals surface area contributed by atoms with Crippen LogP contribution in [-0.4, -0.2) is 40.0 Å². The normalized spacial score (nSPS) is 18.1. The molecule has 30 heavy (non-hydrogen) atoms. The van der Waals surface area contributed by atoms with Crippen molar-refractivity contribution in [2.24, 2.45) is 0 Å². The molecule has 1 atom stereocenters. The lowest BCUT2D eigenvalue weighted by Crippen LogP contribution is -2.30. The van der Waals surface area contributed by atoms with Gasteiger partial charge in [-0.25, -0.2) is 0 Å². The van der Waals surface area contributed by atoms with Crippen molar-refractivity contribution in [2.45, 2.75) is 33.2 Å². The molecule has 1 amide bonds. The highest BCUT2D eigenvalue weighted by Gasteiger charge is 2.45. The lowest BCUT2D eigenvalue weighted by Gasteiger charge is -2.25. The van der Waals surface area contributed by atoms with E-state index in [0.29, 0.717) is 36.4 Å². The minimum atomic E-state index is -0.796. The number of benzene rings is 2. The number of aliphatic hydroxyl groups excluding tert-OH is 1. The zero-order valence-corrected chi connectivity index (χ0v) is 17.9. The Hall–Kier alpha value is -2.99. The number of likely N-dealkylation sites (tertiary alicyclic amines) is 1. The van der Waals surface area contributed by atoms with E-state index in [2.05, 4.69) is 0 Å². The molecule has 2 aromatic carbocycles. The molecule has 0 aliphatic carbocycles. The molecule has 1 heterocycles. The summed E-state index contributed by atoms with van der Waals surface area (Å²) >= 11 is 6.07. The van der Waals surface area contributed by atoms with Crippen LogP contribution in [0.2, 0.25) is 5.02 Å². The van der Waals surface area contributed by atoms with E-state index in [1.165, 1.54) is 17.0 Å². The number of halogens is 1. The first-order chi connectivity index (χ1) is 14.3. The highest BCUT2D eigenvalue weighted by atomic mass is 35.5. The first-order valence-electron chi connectivity index (χ1n) is 9.80. The third-order valence-corrected chi connectivity index (χ3v) is 5.34. The van der Waals surface area contributed by atoms with Crippen LogP contribution >= 0.6 is 11.6 Å². The van der Waals surface area contributed by atoms with Gasteiger partial charge >= 0.3 is 0 Å². The molecular weight excluding hydrogens is 406 g/mol. The first kappa shape index (κ1) is 21.7. The number of carbonyl (C=O) groups is 2. The Kier molecular flexibility index (Phi) is 6.37. The highest BCUT2D eigenvalue weighted by molar-refractivity contribution is 6.46. The number of hydrogen-bond donors (Lipinski definition) is 2. The lowest BCUT2D eigenvalue weighted by atomic mass is 9.94. The van der Waals surface area contributed by atoms with Crippen molar-refractivity contribution in [3.8, 4) is 11.5 Å². The maximum atomic E-state index is 12.9. The molecule has 2 N–H and O–H groups in total. The van der Waals surface area contributed by atoms with E-state index in [0.717, 1.165) is 5.56 Å². The van der Waals surface area contributed by atoms with Gasteiger partial charge in [-0.1, -0.05) is 24.6 Å². The number of amides is 1. The SMILES string of the molecule is CCCN1C(=O)C(=O)/C(=C(\O)c2ccc(OCC)c(C)c2)C1c1ccc(O)c(Cl)c1. The van der Waals surface area contributed by atoms with Crippen LogP contribution in [0.3, 0.4) is 0 Å². The zero-order valence-electron chi connectivity index (χ0n) is 17.1. The third kappa shape index (κ3) is 3.87. The summed E-state index contributed by atoms with van der Waals surface area (Å²) in [7, 11) is 0. The maximum absolute atomic E-state index is 12.9. The minimum Gasteiger partial charge on any atom is -0.507 e. The van der Waals surface area contributed by atoms with Crippen LogP contribution in [0.15, 0.2) is 42.0 Å². The highest BCUT2D eigenvalue weighted by Crippen LogP contribution is 2.41. The van der Waals surface area contributed by atoms with Crippen LogP contribution < -0.4 is 4.74 Å². The summed E-state index contributed by atoms with van der Waals surface area (Å²) in [6.45, 7) is 6.47.